The fourth-order valence-corrected chi connectivity index (χ4v) is 3.84. The van der Waals surface area contributed by atoms with Crippen LogP contribution in [0.2, 0.25) is 12.1 Å². The topological polar surface area (TPSA) is 9.23 Å². The first-order valence-electron chi connectivity index (χ1n) is 5.56. The molecule has 0 N–H and O–H groups in total. The van der Waals surface area contributed by atoms with Gasteiger partial charge in [0.2, 0.25) is 8.32 Å². The third kappa shape index (κ3) is 3.32. The quantitative estimate of drug-likeness (QED) is 0.684. The van der Waals surface area contributed by atoms with Crippen molar-refractivity contribution in [3.05, 3.63) is 41.6 Å². The first-order valence-corrected chi connectivity index (χ1v) is 7.95. The molecule has 0 spiro atoms. The molecule has 0 aliphatic rings. The molecule has 0 saturated heterocycles. The lowest BCUT2D eigenvalue weighted by molar-refractivity contribution is 0.404. The van der Waals surface area contributed by atoms with Crippen LogP contribution in [0.3, 0.4) is 0 Å². The predicted molar refractivity (Wildman–Crippen MR) is 69.2 cm³/mol. The maximum Gasteiger partial charge on any atom is 0.216 e. The fourth-order valence-electron chi connectivity index (χ4n) is 1.65. The van der Waals surface area contributed by atoms with Crippen molar-refractivity contribution in [3.8, 4) is 0 Å². The Balaban J connectivity index is 2.79. The maximum atomic E-state index is 5.71. The third-order valence-corrected chi connectivity index (χ3v) is 6.96. The van der Waals surface area contributed by atoms with Gasteiger partial charge < -0.3 is 4.43 Å². The molecule has 0 radical (unpaired) electrons. The molecule has 0 amide bonds. The Labute approximate surface area is 93.9 Å². The van der Waals surface area contributed by atoms with Crippen LogP contribution in [0.15, 0.2) is 36.0 Å². The van der Waals surface area contributed by atoms with Crippen LogP contribution in [0.4, 0.5) is 0 Å². The standard InChI is InChI=1S/C13H20OSi/c1-4-15(5-2,14-3)12-11-13-9-7-6-8-10-13/h6-12H,4-5H2,1-3H3. The molecule has 0 saturated carbocycles. The van der Waals surface area contributed by atoms with E-state index in [0.29, 0.717) is 0 Å². The van der Waals surface area contributed by atoms with E-state index in [-0.39, 0.29) is 0 Å². The van der Waals surface area contributed by atoms with Crippen LogP contribution in [0.1, 0.15) is 19.4 Å². The number of rotatable bonds is 5. The summed E-state index contributed by atoms with van der Waals surface area (Å²) in [5.74, 6) is 0. The van der Waals surface area contributed by atoms with Gasteiger partial charge in [-0.05, 0) is 17.7 Å². The SMILES string of the molecule is CC[Si](C=Cc1ccccc1)(CC)OC. The van der Waals surface area contributed by atoms with Gasteiger partial charge in [0.05, 0.1) is 0 Å². The van der Waals surface area contributed by atoms with E-state index in [9.17, 15) is 0 Å². The summed E-state index contributed by atoms with van der Waals surface area (Å²) >= 11 is 0. The molecule has 1 rings (SSSR count). The van der Waals surface area contributed by atoms with Crippen LogP contribution in [0, 0.1) is 0 Å². The summed E-state index contributed by atoms with van der Waals surface area (Å²) in [4.78, 5) is 0. The molecule has 1 nitrogen and oxygen atoms in total. The van der Waals surface area contributed by atoms with Crippen LogP contribution >= 0.6 is 0 Å². The largest absolute Gasteiger partial charge is 0.416 e. The highest BCUT2D eigenvalue weighted by molar-refractivity contribution is 6.79. The molecule has 15 heavy (non-hydrogen) atoms. The van der Waals surface area contributed by atoms with Crippen molar-refractivity contribution in [2.75, 3.05) is 7.11 Å². The first kappa shape index (κ1) is 12.2. The molecule has 0 unspecified atom stereocenters. The van der Waals surface area contributed by atoms with E-state index in [1.165, 1.54) is 5.56 Å². The van der Waals surface area contributed by atoms with Gasteiger partial charge in [0, 0.05) is 7.11 Å². The number of hydrogen-bond acceptors (Lipinski definition) is 1. The van der Waals surface area contributed by atoms with E-state index in [1.807, 2.05) is 13.2 Å². The van der Waals surface area contributed by atoms with E-state index in [0.717, 1.165) is 12.1 Å². The summed E-state index contributed by atoms with van der Waals surface area (Å²) in [5, 5.41) is 0. The van der Waals surface area contributed by atoms with Crippen molar-refractivity contribution in [2.45, 2.75) is 25.9 Å². The van der Waals surface area contributed by atoms with Crippen molar-refractivity contribution < 1.29 is 4.43 Å². The van der Waals surface area contributed by atoms with Gasteiger partial charge in [-0.15, -0.1) is 0 Å². The minimum Gasteiger partial charge on any atom is -0.416 e. The summed E-state index contributed by atoms with van der Waals surface area (Å²) < 4.78 is 5.71. The highest BCUT2D eigenvalue weighted by Gasteiger charge is 2.25. The molecule has 0 bridgehead atoms. The van der Waals surface area contributed by atoms with E-state index in [2.05, 4.69) is 49.9 Å². The summed E-state index contributed by atoms with van der Waals surface area (Å²) in [6.45, 7) is 4.43. The minimum atomic E-state index is -1.58. The van der Waals surface area contributed by atoms with Crippen molar-refractivity contribution in [1.29, 1.82) is 0 Å². The third-order valence-electron chi connectivity index (χ3n) is 2.98. The average molecular weight is 220 g/mol. The zero-order valence-corrected chi connectivity index (χ0v) is 10.9. The molecule has 2 heteroatoms. The molecule has 0 heterocycles. The molecular weight excluding hydrogens is 200 g/mol. The summed E-state index contributed by atoms with van der Waals surface area (Å²) in [6.07, 6.45) is 2.20. The Morgan fingerprint density at radius 2 is 1.73 bits per heavy atom. The lowest BCUT2D eigenvalue weighted by Gasteiger charge is -2.22. The Morgan fingerprint density at radius 1 is 1.13 bits per heavy atom. The Kier molecular flexibility index (Phi) is 4.79. The molecule has 82 valence electrons. The Morgan fingerprint density at radius 3 is 2.20 bits per heavy atom. The molecule has 0 fully saturated rings. The second-order valence-electron chi connectivity index (χ2n) is 3.72. The van der Waals surface area contributed by atoms with Crippen LogP contribution in [-0.4, -0.2) is 15.4 Å². The molecule has 0 aromatic heterocycles. The first-order chi connectivity index (χ1) is 7.26. The molecule has 1 aromatic carbocycles. The second kappa shape index (κ2) is 5.88. The molecule has 0 aliphatic carbocycles. The average Bonchev–Trinajstić information content (AvgIpc) is 2.33. The van der Waals surface area contributed by atoms with E-state index in [1.54, 1.807) is 0 Å². The van der Waals surface area contributed by atoms with Crippen LogP contribution in [0.5, 0.6) is 0 Å². The second-order valence-corrected chi connectivity index (χ2v) is 8.01. The van der Waals surface area contributed by atoms with Gasteiger partial charge >= 0.3 is 0 Å². The van der Waals surface area contributed by atoms with Crippen molar-refractivity contribution in [2.24, 2.45) is 0 Å². The van der Waals surface area contributed by atoms with E-state index >= 15 is 0 Å². The van der Waals surface area contributed by atoms with Crippen LogP contribution in [-0.2, 0) is 4.43 Å². The molecule has 1 aromatic rings. The Hall–Kier alpha value is -0.863. The smallest absolute Gasteiger partial charge is 0.216 e. The van der Waals surface area contributed by atoms with Gasteiger partial charge in [-0.1, -0.05) is 56.0 Å². The molecular formula is C13H20OSi. The van der Waals surface area contributed by atoms with Crippen molar-refractivity contribution in [3.63, 3.8) is 0 Å². The lowest BCUT2D eigenvalue weighted by atomic mass is 10.2. The van der Waals surface area contributed by atoms with E-state index in [4.69, 9.17) is 4.43 Å². The number of hydrogen-bond donors (Lipinski definition) is 0. The summed E-state index contributed by atoms with van der Waals surface area (Å²) in [6, 6.07) is 12.7. The minimum absolute atomic E-state index is 1.14. The summed E-state index contributed by atoms with van der Waals surface area (Å²) in [7, 11) is 0.261. The van der Waals surface area contributed by atoms with Gasteiger partial charge in [-0.3, -0.25) is 0 Å². The van der Waals surface area contributed by atoms with Crippen LogP contribution < -0.4 is 0 Å². The Bertz CT molecular complexity index is 293. The van der Waals surface area contributed by atoms with Crippen molar-refractivity contribution in [1.82, 2.24) is 0 Å². The normalized spacial score (nSPS) is 12.2. The maximum absolute atomic E-state index is 5.71. The zero-order valence-electron chi connectivity index (χ0n) is 9.86. The van der Waals surface area contributed by atoms with E-state index < -0.39 is 8.32 Å². The fraction of sp³-hybridized carbons (Fsp3) is 0.385. The van der Waals surface area contributed by atoms with Gasteiger partial charge in [-0.2, -0.15) is 0 Å². The highest BCUT2D eigenvalue weighted by Crippen LogP contribution is 2.18. The predicted octanol–water partition coefficient (Wildman–Crippen LogP) is 3.87. The van der Waals surface area contributed by atoms with Gasteiger partial charge in [0.1, 0.15) is 0 Å². The number of benzene rings is 1. The summed E-state index contributed by atoms with van der Waals surface area (Å²) in [5.41, 5.74) is 3.57. The van der Waals surface area contributed by atoms with Gasteiger partial charge in [-0.25, -0.2) is 0 Å². The lowest BCUT2D eigenvalue weighted by Crippen LogP contribution is -2.32. The zero-order chi connectivity index (χ0) is 11.1. The molecule has 0 atom stereocenters. The monoisotopic (exact) mass is 220 g/mol. The van der Waals surface area contributed by atoms with Gasteiger partial charge in [0.25, 0.3) is 0 Å². The van der Waals surface area contributed by atoms with Gasteiger partial charge in [0.15, 0.2) is 0 Å². The van der Waals surface area contributed by atoms with Crippen molar-refractivity contribution >= 4 is 14.4 Å². The molecule has 0 aliphatic heterocycles. The van der Waals surface area contributed by atoms with Crippen LogP contribution in [0.25, 0.3) is 6.08 Å². The highest BCUT2D eigenvalue weighted by atomic mass is 28.4.